The molecule has 1 heterocycles. The van der Waals surface area contributed by atoms with Gasteiger partial charge < -0.3 is 15.1 Å². The van der Waals surface area contributed by atoms with Gasteiger partial charge in [0, 0.05) is 30.2 Å². The number of anilines is 1. The van der Waals surface area contributed by atoms with E-state index in [2.05, 4.69) is 5.32 Å². The summed E-state index contributed by atoms with van der Waals surface area (Å²) in [6, 6.07) is 13.2. The Kier molecular flexibility index (Phi) is 6.31. The van der Waals surface area contributed by atoms with Crippen LogP contribution in [0.5, 0.6) is 0 Å². The molecule has 7 heteroatoms. The molecular weight excluding hydrogens is 381 g/mol. The van der Waals surface area contributed by atoms with Crippen LogP contribution in [0.25, 0.3) is 0 Å². The molecule has 1 aliphatic heterocycles. The second kappa shape index (κ2) is 8.71. The van der Waals surface area contributed by atoms with Crippen molar-refractivity contribution in [2.45, 2.75) is 12.5 Å². The molecule has 1 fully saturated rings. The monoisotopic (exact) mass is 403 g/mol. The highest BCUT2D eigenvalue weighted by Crippen LogP contribution is 2.27. The third-order valence-corrected chi connectivity index (χ3v) is 5.18. The van der Waals surface area contributed by atoms with Crippen LogP contribution in [0.15, 0.2) is 48.5 Å². The summed E-state index contributed by atoms with van der Waals surface area (Å²) in [6.45, 7) is 0.648. The standard InChI is InChI=1S/C21H23ClFN3O2/c1-25(2)19(14-5-3-7-17(23)9-14)12-24-21(28)15-10-20(27)26(13-15)18-8-4-6-16(22)11-18/h3-9,11,15,19H,10,12-13H2,1-2H3,(H,24,28)/t15-,19+/m0/s1. The molecule has 2 atom stereocenters. The minimum atomic E-state index is -0.429. The first-order valence-corrected chi connectivity index (χ1v) is 9.48. The molecule has 1 N–H and O–H groups in total. The summed E-state index contributed by atoms with van der Waals surface area (Å²) in [5.41, 5.74) is 1.48. The Bertz CT molecular complexity index is 874. The quantitative estimate of drug-likeness (QED) is 0.805. The molecule has 2 aromatic carbocycles. The van der Waals surface area contributed by atoms with E-state index in [1.807, 2.05) is 25.1 Å². The van der Waals surface area contributed by atoms with Crippen molar-refractivity contribution in [2.24, 2.45) is 5.92 Å². The van der Waals surface area contributed by atoms with Crippen LogP contribution in [0.1, 0.15) is 18.0 Å². The molecule has 0 spiro atoms. The lowest BCUT2D eigenvalue weighted by Crippen LogP contribution is -2.38. The Hall–Kier alpha value is -2.44. The maximum Gasteiger partial charge on any atom is 0.227 e. The maximum atomic E-state index is 13.6. The molecule has 2 aromatic rings. The van der Waals surface area contributed by atoms with Crippen molar-refractivity contribution in [1.82, 2.24) is 10.2 Å². The van der Waals surface area contributed by atoms with Gasteiger partial charge in [-0.15, -0.1) is 0 Å². The molecule has 148 valence electrons. The van der Waals surface area contributed by atoms with Crippen molar-refractivity contribution in [1.29, 1.82) is 0 Å². The smallest absolute Gasteiger partial charge is 0.227 e. The van der Waals surface area contributed by atoms with Crippen molar-refractivity contribution in [3.8, 4) is 0 Å². The number of rotatable bonds is 6. The molecule has 0 unspecified atom stereocenters. The second-order valence-corrected chi connectivity index (χ2v) is 7.60. The number of halogens is 2. The van der Waals surface area contributed by atoms with Gasteiger partial charge in [0.1, 0.15) is 5.82 Å². The molecule has 1 saturated heterocycles. The highest BCUT2D eigenvalue weighted by atomic mass is 35.5. The molecule has 0 aliphatic carbocycles. The Morgan fingerprint density at radius 3 is 2.71 bits per heavy atom. The molecule has 0 aromatic heterocycles. The molecule has 0 bridgehead atoms. The average molecular weight is 404 g/mol. The Morgan fingerprint density at radius 2 is 2.04 bits per heavy atom. The minimum absolute atomic E-state index is 0.100. The third-order valence-electron chi connectivity index (χ3n) is 4.94. The first-order valence-electron chi connectivity index (χ1n) is 9.10. The van der Waals surface area contributed by atoms with Gasteiger partial charge in [0.25, 0.3) is 0 Å². The summed E-state index contributed by atoms with van der Waals surface area (Å²) in [5.74, 6) is -1.02. The van der Waals surface area contributed by atoms with Crippen LogP contribution >= 0.6 is 11.6 Å². The zero-order valence-electron chi connectivity index (χ0n) is 15.9. The molecular formula is C21H23ClFN3O2. The van der Waals surface area contributed by atoms with Crippen LogP contribution < -0.4 is 10.2 Å². The highest BCUT2D eigenvalue weighted by Gasteiger charge is 2.35. The van der Waals surface area contributed by atoms with Crippen LogP contribution in [0.2, 0.25) is 5.02 Å². The van der Waals surface area contributed by atoms with E-state index in [1.54, 1.807) is 35.2 Å². The van der Waals surface area contributed by atoms with E-state index in [9.17, 15) is 14.0 Å². The van der Waals surface area contributed by atoms with E-state index < -0.39 is 5.92 Å². The number of carbonyl (C=O) groups is 2. The fourth-order valence-electron chi connectivity index (χ4n) is 3.43. The normalized spacial score (nSPS) is 17.8. The lowest BCUT2D eigenvalue weighted by atomic mass is 10.0. The van der Waals surface area contributed by atoms with Gasteiger partial charge in [-0.2, -0.15) is 0 Å². The fraction of sp³-hybridized carbons (Fsp3) is 0.333. The lowest BCUT2D eigenvalue weighted by Gasteiger charge is -2.25. The maximum absolute atomic E-state index is 13.6. The fourth-order valence-corrected chi connectivity index (χ4v) is 3.62. The molecule has 0 saturated carbocycles. The average Bonchev–Trinajstić information content (AvgIpc) is 3.03. The van der Waals surface area contributed by atoms with Crippen LogP contribution in [0.3, 0.4) is 0 Å². The molecule has 28 heavy (non-hydrogen) atoms. The number of nitrogens with zero attached hydrogens (tertiary/aromatic N) is 2. The Morgan fingerprint density at radius 1 is 1.29 bits per heavy atom. The molecule has 3 rings (SSSR count). The van der Waals surface area contributed by atoms with Gasteiger partial charge in [0.05, 0.1) is 12.0 Å². The summed E-state index contributed by atoms with van der Waals surface area (Å²) in [6.07, 6.45) is 0.158. The molecule has 5 nitrogen and oxygen atoms in total. The largest absolute Gasteiger partial charge is 0.354 e. The van der Waals surface area contributed by atoms with Gasteiger partial charge in [-0.1, -0.05) is 29.8 Å². The van der Waals surface area contributed by atoms with E-state index in [0.29, 0.717) is 23.8 Å². The summed E-state index contributed by atoms with van der Waals surface area (Å²) in [5, 5.41) is 3.46. The van der Waals surface area contributed by atoms with Crippen LogP contribution in [-0.4, -0.2) is 43.9 Å². The zero-order chi connectivity index (χ0) is 20.3. The van der Waals surface area contributed by atoms with E-state index in [-0.39, 0.29) is 30.1 Å². The lowest BCUT2D eigenvalue weighted by molar-refractivity contribution is -0.126. The van der Waals surface area contributed by atoms with Crippen molar-refractivity contribution < 1.29 is 14.0 Å². The SMILES string of the molecule is CN(C)[C@H](CNC(=O)[C@H]1CC(=O)N(c2cccc(Cl)c2)C1)c1cccc(F)c1. The van der Waals surface area contributed by atoms with Crippen LogP contribution in [0.4, 0.5) is 10.1 Å². The topological polar surface area (TPSA) is 52.7 Å². The number of amides is 2. The minimum Gasteiger partial charge on any atom is -0.354 e. The van der Waals surface area contributed by atoms with Gasteiger partial charge in [0.15, 0.2) is 0 Å². The van der Waals surface area contributed by atoms with E-state index in [4.69, 9.17) is 11.6 Å². The Labute approximate surface area is 169 Å². The predicted molar refractivity (Wildman–Crippen MR) is 108 cm³/mol. The number of hydrogen-bond acceptors (Lipinski definition) is 3. The molecule has 2 amide bonds. The third kappa shape index (κ3) is 4.69. The number of carbonyl (C=O) groups excluding carboxylic acids is 2. The van der Waals surface area contributed by atoms with Crippen LogP contribution in [-0.2, 0) is 9.59 Å². The van der Waals surface area contributed by atoms with Gasteiger partial charge in [-0.3, -0.25) is 9.59 Å². The highest BCUT2D eigenvalue weighted by molar-refractivity contribution is 6.31. The van der Waals surface area contributed by atoms with E-state index >= 15 is 0 Å². The number of hydrogen-bond donors (Lipinski definition) is 1. The van der Waals surface area contributed by atoms with E-state index in [0.717, 1.165) is 5.56 Å². The van der Waals surface area contributed by atoms with Crippen molar-refractivity contribution >= 4 is 29.1 Å². The molecule has 0 radical (unpaired) electrons. The second-order valence-electron chi connectivity index (χ2n) is 7.16. The molecule has 1 aliphatic rings. The summed E-state index contributed by atoms with van der Waals surface area (Å²) >= 11 is 6.00. The van der Waals surface area contributed by atoms with Crippen molar-refractivity contribution in [3.63, 3.8) is 0 Å². The zero-order valence-corrected chi connectivity index (χ0v) is 16.6. The van der Waals surface area contributed by atoms with Gasteiger partial charge in [0.2, 0.25) is 11.8 Å². The van der Waals surface area contributed by atoms with Gasteiger partial charge >= 0.3 is 0 Å². The summed E-state index contributed by atoms with van der Waals surface area (Å²) in [7, 11) is 3.75. The first kappa shape index (κ1) is 20.3. The van der Waals surface area contributed by atoms with E-state index in [1.165, 1.54) is 12.1 Å². The predicted octanol–water partition coefficient (Wildman–Crippen LogP) is 3.25. The summed E-state index contributed by atoms with van der Waals surface area (Å²) < 4.78 is 13.6. The number of benzene rings is 2. The van der Waals surface area contributed by atoms with Gasteiger partial charge in [-0.05, 0) is 50.0 Å². The Balaban J connectivity index is 1.63. The number of nitrogens with one attached hydrogen (secondary N) is 1. The van der Waals surface area contributed by atoms with Crippen molar-refractivity contribution in [3.05, 3.63) is 64.9 Å². The number of likely N-dealkylation sites (N-methyl/N-ethyl adjacent to an activating group) is 1. The first-order chi connectivity index (χ1) is 13.3. The van der Waals surface area contributed by atoms with Crippen LogP contribution in [0, 0.1) is 11.7 Å². The summed E-state index contributed by atoms with van der Waals surface area (Å²) in [4.78, 5) is 28.5. The van der Waals surface area contributed by atoms with Crippen molar-refractivity contribution in [2.75, 3.05) is 32.1 Å². The van der Waals surface area contributed by atoms with Gasteiger partial charge in [-0.25, -0.2) is 4.39 Å².